The molecule has 1 aliphatic heterocycles. The molecule has 0 N–H and O–H groups in total. The quantitative estimate of drug-likeness (QED) is 0.733. The maximum atomic E-state index is 12.8. The van der Waals surface area contributed by atoms with Crippen LogP contribution in [-0.2, 0) is 4.79 Å². The summed E-state index contributed by atoms with van der Waals surface area (Å²) in [6, 6.07) is 7.03. The Labute approximate surface area is 119 Å². The van der Waals surface area contributed by atoms with Crippen LogP contribution in [0, 0.1) is 5.41 Å². The first kappa shape index (κ1) is 13.1. The predicted octanol–water partition coefficient (Wildman–Crippen LogP) is 3.35. The summed E-state index contributed by atoms with van der Waals surface area (Å²) in [7, 11) is 0. The molecule has 0 aromatic heterocycles. The third-order valence-corrected chi connectivity index (χ3v) is 4.48. The van der Waals surface area contributed by atoms with E-state index in [-0.39, 0.29) is 17.1 Å². The van der Waals surface area contributed by atoms with E-state index >= 15 is 0 Å². The van der Waals surface area contributed by atoms with E-state index in [0.29, 0.717) is 5.56 Å². The summed E-state index contributed by atoms with van der Waals surface area (Å²) in [6.45, 7) is 3.63. The molecule has 1 amide bonds. The monoisotopic (exact) mass is 269 g/mol. The smallest absolute Gasteiger partial charge is 0.224 e. The number of allylic oxidation sites excluding steroid dienone is 1. The number of fused-ring (bicyclic) bond motifs is 1. The summed E-state index contributed by atoms with van der Waals surface area (Å²) in [5.41, 5.74) is 1.17. The van der Waals surface area contributed by atoms with Crippen LogP contribution in [0.15, 0.2) is 36.4 Å². The fourth-order valence-corrected chi connectivity index (χ4v) is 3.51. The number of rotatable bonds is 1. The van der Waals surface area contributed by atoms with E-state index in [1.807, 2.05) is 24.3 Å². The van der Waals surface area contributed by atoms with Crippen LogP contribution in [0.4, 0.5) is 5.69 Å². The zero-order valence-electron chi connectivity index (χ0n) is 11.9. The van der Waals surface area contributed by atoms with Crippen LogP contribution in [0.5, 0.6) is 0 Å². The molecule has 1 heterocycles. The number of amides is 1. The molecule has 3 heteroatoms. The molecule has 1 aromatic rings. The molecule has 0 bridgehead atoms. The molecule has 1 aromatic carbocycles. The summed E-state index contributed by atoms with van der Waals surface area (Å²) >= 11 is 0. The first-order valence-electron chi connectivity index (χ1n) is 7.15. The maximum Gasteiger partial charge on any atom is 0.224 e. The van der Waals surface area contributed by atoms with Crippen LogP contribution >= 0.6 is 0 Å². The fraction of sp³-hybridized carbons (Fsp3) is 0.412. The molecule has 0 saturated carbocycles. The molecule has 3 rings (SSSR count). The van der Waals surface area contributed by atoms with Crippen LogP contribution < -0.4 is 4.90 Å². The van der Waals surface area contributed by atoms with Gasteiger partial charge in [0.05, 0.1) is 5.69 Å². The van der Waals surface area contributed by atoms with Crippen molar-refractivity contribution in [2.24, 2.45) is 5.41 Å². The van der Waals surface area contributed by atoms with E-state index < -0.39 is 6.04 Å². The molecule has 2 atom stereocenters. The van der Waals surface area contributed by atoms with Gasteiger partial charge in [-0.05, 0) is 31.4 Å². The number of Topliss-reactive ketones (excluding diaryl/α,β-unsaturated/α-hetero) is 1. The summed E-state index contributed by atoms with van der Waals surface area (Å²) < 4.78 is 0. The third kappa shape index (κ3) is 1.80. The Balaban J connectivity index is 2.12. The number of anilines is 1. The number of carbonyl (C=O) groups is 2. The fourth-order valence-electron chi connectivity index (χ4n) is 3.51. The van der Waals surface area contributed by atoms with Crippen molar-refractivity contribution in [3.8, 4) is 0 Å². The highest BCUT2D eigenvalue weighted by atomic mass is 16.2. The molecule has 2 aliphatic rings. The van der Waals surface area contributed by atoms with Gasteiger partial charge in [-0.2, -0.15) is 0 Å². The summed E-state index contributed by atoms with van der Waals surface area (Å²) in [6.07, 6.45) is 7.33. The second-order valence-corrected chi connectivity index (χ2v) is 5.97. The maximum absolute atomic E-state index is 12.8. The molecular weight excluding hydrogens is 250 g/mol. The van der Waals surface area contributed by atoms with Gasteiger partial charge in [-0.1, -0.05) is 31.2 Å². The third-order valence-electron chi connectivity index (χ3n) is 4.48. The van der Waals surface area contributed by atoms with E-state index in [9.17, 15) is 9.59 Å². The lowest BCUT2D eigenvalue weighted by Crippen LogP contribution is -2.49. The average molecular weight is 269 g/mol. The largest absolute Gasteiger partial charge is 0.300 e. The zero-order valence-corrected chi connectivity index (χ0v) is 11.9. The van der Waals surface area contributed by atoms with E-state index in [1.54, 1.807) is 4.90 Å². The molecule has 3 nitrogen and oxygen atoms in total. The molecule has 104 valence electrons. The van der Waals surface area contributed by atoms with Crippen LogP contribution in [-0.4, -0.2) is 17.7 Å². The summed E-state index contributed by atoms with van der Waals surface area (Å²) in [5.74, 6) is 0.0124. The van der Waals surface area contributed by atoms with Gasteiger partial charge in [0.25, 0.3) is 0 Å². The second-order valence-electron chi connectivity index (χ2n) is 5.97. The molecule has 20 heavy (non-hydrogen) atoms. The minimum atomic E-state index is -0.394. The van der Waals surface area contributed by atoms with Crippen LogP contribution in [0.2, 0.25) is 0 Å². The molecule has 0 spiro atoms. The van der Waals surface area contributed by atoms with Gasteiger partial charge < -0.3 is 4.90 Å². The van der Waals surface area contributed by atoms with Gasteiger partial charge in [0, 0.05) is 17.9 Å². The first-order valence-corrected chi connectivity index (χ1v) is 7.15. The van der Waals surface area contributed by atoms with Crippen molar-refractivity contribution < 1.29 is 9.59 Å². The van der Waals surface area contributed by atoms with Crippen molar-refractivity contribution >= 4 is 17.4 Å². The number of hydrogen-bond donors (Lipinski definition) is 0. The number of nitrogens with zero attached hydrogens (tertiary/aromatic N) is 1. The number of hydrogen-bond acceptors (Lipinski definition) is 2. The number of benzene rings is 1. The number of ketones is 1. The Morgan fingerprint density at radius 3 is 2.75 bits per heavy atom. The zero-order chi connectivity index (χ0) is 14.3. The van der Waals surface area contributed by atoms with Gasteiger partial charge >= 0.3 is 0 Å². The topological polar surface area (TPSA) is 37.4 Å². The Bertz CT molecular complexity index is 605. The van der Waals surface area contributed by atoms with E-state index in [1.165, 1.54) is 6.92 Å². The lowest BCUT2D eigenvalue weighted by Gasteiger charge is -2.38. The number of carbonyl (C=O) groups excluding carboxylic acids is 2. The van der Waals surface area contributed by atoms with Gasteiger partial charge in [0.15, 0.2) is 5.78 Å². The van der Waals surface area contributed by atoms with Crippen molar-refractivity contribution in [2.75, 3.05) is 4.90 Å². The predicted molar refractivity (Wildman–Crippen MR) is 78.8 cm³/mol. The summed E-state index contributed by atoms with van der Waals surface area (Å²) in [4.78, 5) is 26.6. The van der Waals surface area contributed by atoms with Crippen molar-refractivity contribution in [1.82, 2.24) is 0 Å². The molecule has 0 saturated heterocycles. The van der Waals surface area contributed by atoms with Gasteiger partial charge in [0.2, 0.25) is 5.91 Å². The van der Waals surface area contributed by atoms with Gasteiger partial charge in [0.1, 0.15) is 6.04 Å². The standard InChI is InChI=1S/C17H19NO2/c1-12(19)18-14-9-5-4-8-13(14)15(20)16(18)17(2)10-6-3-7-11-17/h4-6,8-10,16H,3,7,11H2,1-2H3. The van der Waals surface area contributed by atoms with E-state index in [0.717, 1.165) is 24.9 Å². The Morgan fingerprint density at radius 1 is 1.35 bits per heavy atom. The highest BCUT2D eigenvalue weighted by Crippen LogP contribution is 2.44. The highest BCUT2D eigenvalue weighted by molar-refractivity contribution is 6.18. The minimum Gasteiger partial charge on any atom is -0.300 e. The van der Waals surface area contributed by atoms with Crippen molar-refractivity contribution in [1.29, 1.82) is 0 Å². The SMILES string of the molecule is CC(=O)N1c2ccccc2C(=O)C1C1(C)C=CCCC1. The van der Waals surface area contributed by atoms with Crippen molar-refractivity contribution in [3.05, 3.63) is 42.0 Å². The van der Waals surface area contributed by atoms with Gasteiger partial charge in [-0.3, -0.25) is 9.59 Å². The molecular formula is C17H19NO2. The normalized spacial score (nSPS) is 28.6. The minimum absolute atomic E-state index is 0.0616. The van der Waals surface area contributed by atoms with Crippen LogP contribution in [0.25, 0.3) is 0 Å². The Kier molecular flexibility index (Phi) is 3.00. The van der Waals surface area contributed by atoms with E-state index in [2.05, 4.69) is 19.1 Å². The van der Waals surface area contributed by atoms with Gasteiger partial charge in [-0.15, -0.1) is 0 Å². The molecule has 0 fully saturated rings. The van der Waals surface area contributed by atoms with Crippen LogP contribution in [0.1, 0.15) is 43.5 Å². The lowest BCUT2D eigenvalue weighted by atomic mass is 9.73. The van der Waals surface area contributed by atoms with Crippen LogP contribution in [0.3, 0.4) is 0 Å². The molecule has 1 aliphatic carbocycles. The van der Waals surface area contributed by atoms with Gasteiger partial charge in [-0.25, -0.2) is 0 Å². The Morgan fingerprint density at radius 2 is 2.10 bits per heavy atom. The molecule has 2 unspecified atom stereocenters. The van der Waals surface area contributed by atoms with Crippen molar-refractivity contribution in [3.63, 3.8) is 0 Å². The number of para-hydroxylation sites is 1. The average Bonchev–Trinajstić information content (AvgIpc) is 2.74. The van der Waals surface area contributed by atoms with E-state index in [4.69, 9.17) is 0 Å². The summed E-state index contributed by atoms with van der Waals surface area (Å²) in [5, 5.41) is 0. The second kappa shape index (κ2) is 4.58. The lowest BCUT2D eigenvalue weighted by molar-refractivity contribution is -0.117. The highest BCUT2D eigenvalue weighted by Gasteiger charge is 2.48. The Hall–Kier alpha value is -1.90. The van der Waals surface area contributed by atoms with Crippen molar-refractivity contribution in [2.45, 2.75) is 39.2 Å². The first-order chi connectivity index (χ1) is 9.54. The molecule has 0 radical (unpaired) electrons.